The van der Waals surface area contributed by atoms with Gasteiger partial charge in [-0.3, -0.25) is 4.90 Å². The predicted octanol–water partition coefficient (Wildman–Crippen LogP) is 1.34. The van der Waals surface area contributed by atoms with E-state index in [0.29, 0.717) is 11.1 Å². The minimum absolute atomic E-state index is 0.315. The van der Waals surface area contributed by atoms with E-state index in [1.165, 1.54) is 5.54 Å². The Morgan fingerprint density at radius 2 is 2.45 bits per heavy atom. The maximum Gasteiger partial charge on any atom is 0.0434 e. The molecular formula is C7H12Cl2N2. The molecule has 4 heteroatoms. The van der Waals surface area contributed by atoms with E-state index < -0.39 is 0 Å². The summed E-state index contributed by atoms with van der Waals surface area (Å²) in [6.07, 6.45) is 1.06. The van der Waals surface area contributed by atoms with Gasteiger partial charge in [-0.05, 0) is 6.42 Å². The highest BCUT2D eigenvalue weighted by Gasteiger charge is 2.18. The summed E-state index contributed by atoms with van der Waals surface area (Å²) in [5.41, 5.74) is 7.11. The first-order valence-corrected chi connectivity index (χ1v) is 4.46. The Bertz CT molecular complexity index is 159. The quantitative estimate of drug-likeness (QED) is 0.720. The second-order valence-corrected chi connectivity index (χ2v) is 3.54. The fourth-order valence-electron chi connectivity index (χ4n) is 1.25. The van der Waals surface area contributed by atoms with E-state index in [2.05, 4.69) is 4.90 Å². The molecule has 0 unspecified atom stereocenters. The van der Waals surface area contributed by atoms with E-state index in [1.807, 2.05) is 0 Å². The first kappa shape index (κ1) is 9.33. The molecule has 1 rings (SSSR count). The standard InChI is InChI=1S/C7H12Cl2N2/c8-3-6(9)4-11-2-1-7(10)5-11/h3,7H,1-2,4-5,10H2/t7-/m0/s1. The van der Waals surface area contributed by atoms with Crippen LogP contribution in [0.15, 0.2) is 10.6 Å². The monoisotopic (exact) mass is 194 g/mol. The molecule has 1 aliphatic rings. The van der Waals surface area contributed by atoms with Gasteiger partial charge in [0, 0.05) is 36.2 Å². The van der Waals surface area contributed by atoms with Crippen molar-refractivity contribution in [2.75, 3.05) is 19.6 Å². The van der Waals surface area contributed by atoms with Gasteiger partial charge in [-0.15, -0.1) is 0 Å². The van der Waals surface area contributed by atoms with E-state index in [4.69, 9.17) is 28.9 Å². The number of rotatable bonds is 2. The minimum atomic E-state index is 0.315. The zero-order valence-electron chi connectivity index (χ0n) is 6.26. The van der Waals surface area contributed by atoms with Crippen LogP contribution in [0.2, 0.25) is 0 Å². The van der Waals surface area contributed by atoms with Crippen LogP contribution in [0.25, 0.3) is 0 Å². The molecule has 0 aromatic rings. The molecule has 2 N–H and O–H groups in total. The highest BCUT2D eigenvalue weighted by atomic mass is 35.5. The Kier molecular flexibility index (Phi) is 3.66. The molecule has 1 saturated heterocycles. The molecule has 0 spiro atoms. The van der Waals surface area contributed by atoms with Crippen molar-refractivity contribution in [1.82, 2.24) is 4.90 Å². The SMILES string of the molecule is N[C@H]1CCN(CC(Cl)=CCl)C1. The molecule has 0 saturated carbocycles. The molecule has 1 aliphatic heterocycles. The van der Waals surface area contributed by atoms with Crippen molar-refractivity contribution in [2.45, 2.75) is 12.5 Å². The van der Waals surface area contributed by atoms with Gasteiger partial charge in [-0.1, -0.05) is 23.2 Å². The topological polar surface area (TPSA) is 29.3 Å². The number of nitrogens with two attached hydrogens (primary N) is 1. The van der Waals surface area contributed by atoms with Gasteiger partial charge in [0.05, 0.1) is 0 Å². The van der Waals surface area contributed by atoms with Crippen molar-refractivity contribution in [3.8, 4) is 0 Å². The molecule has 0 amide bonds. The van der Waals surface area contributed by atoms with Crippen LogP contribution >= 0.6 is 23.2 Å². The van der Waals surface area contributed by atoms with Gasteiger partial charge in [-0.2, -0.15) is 0 Å². The average Bonchev–Trinajstić information content (AvgIpc) is 2.35. The summed E-state index contributed by atoms with van der Waals surface area (Å²) in [5.74, 6) is 0. The third-order valence-corrected chi connectivity index (χ3v) is 2.41. The first-order valence-electron chi connectivity index (χ1n) is 3.65. The third kappa shape index (κ3) is 2.99. The summed E-state index contributed by atoms with van der Waals surface area (Å²) in [6, 6.07) is 0.315. The number of hydrogen-bond donors (Lipinski definition) is 1. The second kappa shape index (κ2) is 4.31. The Morgan fingerprint density at radius 1 is 1.73 bits per heavy atom. The van der Waals surface area contributed by atoms with Crippen molar-refractivity contribution >= 4 is 23.2 Å². The lowest BCUT2D eigenvalue weighted by atomic mass is 10.3. The molecule has 64 valence electrons. The van der Waals surface area contributed by atoms with Crippen LogP contribution in [0.5, 0.6) is 0 Å². The molecule has 2 nitrogen and oxygen atoms in total. The van der Waals surface area contributed by atoms with Crippen LogP contribution in [0.4, 0.5) is 0 Å². The fourth-order valence-corrected chi connectivity index (χ4v) is 1.49. The van der Waals surface area contributed by atoms with E-state index in [1.54, 1.807) is 0 Å². The van der Waals surface area contributed by atoms with E-state index in [0.717, 1.165) is 26.1 Å². The summed E-state index contributed by atoms with van der Waals surface area (Å²) < 4.78 is 0. The Hall–Kier alpha value is 0.240. The van der Waals surface area contributed by atoms with Gasteiger partial charge in [0.15, 0.2) is 0 Å². The van der Waals surface area contributed by atoms with Crippen LogP contribution in [0, 0.1) is 0 Å². The van der Waals surface area contributed by atoms with Gasteiger partial charge < -0.3 is 5.73 Å². The number of likely N-dealkylation sites (tertiary alicyclic amines) is 1. The molecule has 0 aromatic heterocycles. The Balaban J connectivity index is 2.28. The first-order chi connectivity index (χ1) is 5.22. The maximum atomic E-state index is 5.74. The van der Waals surface area contributed by atoms with Gasteiger partial charge >= 0.3 is 0 Å². The number of nitrogens with zero attached hydrogens (tertiary/aromatic N) is 1. The van der Waals surface area contributed by atoms with E-state index in [9.17, 15) is 0 Å². The number of halogens is 2. The van der Waals surface area contributed by atoms with Crippen LogP contribution < -0.4 is 5.73 Å². The summed E-state index contributed by atoms with van der Waals surface area (Å²) >= 11 is 11.2. The third-order valence-electron chi connectivity index (χ3n) is 1.80. The molecule has 1 fully saturated rings. The van der Waals surface area contributed by atoms with Crippen molar-refractivity contribution in [2.24, 2.45) is 5.73 Å². The zero-order chi connectivity index (χ0) is 8.27. The van der Waals surface area contributed by atoms with Gasteiger partial charge in [0.25, 0.3) is 0 Å². The lowest BCUT2D eigenvalue weighted by Crippen LogP contribution is -2.27. The summed E-state index contributed by atoms with van der Waals surface area (Å²) in [7, 11) is 0. The molecule has 0 bridgehead atoms. The van der Waals surface area contributed by atoms with Crippen LogP contribution in [0.1, 0.15) is 6.42 Å². The van der Waals surface area contributed by atoms with E-state index >= 15 is 0 Å². The molecule has 1 heterocycles. The normalized spacial score (nSPS) is 27.9. The molecule has 11 heavy (non-hydrogen) atoms. The highest BCUT2D eigenvalue weighted by Crippen LogP contribution is 2.12. The van der Waals surface area contributed by atoms with Crippen molar-refractivity contribution in [1.29, 1.82) is 0 Å². The van der Waals surface area contributed by atoms with Crippen LogP contribution in [0.3, 0.4) is 0 Å². The van der Waals surface area contributed by atoms with Crippen molar-refractivity contribution < 1.29 is 0 Å². The smallest absolute Gasteiger partial charge is 0.0434 e. The lowest BCUT2D eigenvalue weighted by Gasteiger charge is -2.13. The fraction of sp³-hybridized carbons (Fsp3) is 0.714. The largest absolute Gasteiger partial charge is 0.326 e. The van der Waals surface area contributed by atoms with Crippen LogP contribution in [-0.4, -0.2) is 30.6 Å². The second-order valence-electron chi connectivity index (χ2n) is 2.84. The molecular weight excluding hydrogens is 183 g/mol. The lowest BCUT2D eigenvalue weighted by molar-refractivity contribution is 0.369. The van der Waals surface area contributed by atoms with Crippen molar-refractivity contribution in [3.05, 3.63) is 10.6 Å². The molecule has 0 aliphatic carbocycles. The molecule has 0 radical (unpaired) electrons. The average molecular weight is 195 g/mol. The summed E-state index contributed by atoms with van der Waals surface area (Å²) in [6.45, 7) is 2.70. The zero-order valence-corrected chi connectivity index (χ0v) is 7.78. The molecule has 1 atom stereocenters. The van der Waals surface area contributed by atoms with E-state index in [-0.39, 0.29) is 0 Å². The summed E-state index contributed by atoms with van der Waals surface area (Å²) in [4.78, 5) is 2.20. The Morgan fingerprint density at radius 3 is 2.91 bits per heavy atom. The predicted molar refractivity (Wildman–Crippen MR) is 48.8 cm³/mol. The number of hydrogen-bond acceptors (Lipinski definition) is 2. The highest BCUT2D eigenvalue weighted by molar-refractivity contribution is 6.36. The minimum Gasteiger partial charge on any atom is -0.326 e. The van der Waals surface area contributed by atoms with Gasteiger partial charge in [-0.25, -0.2) is 0 Å². The molecule has 0 aromatic carbocycles. The van der Waals surface area contributed by atoms with Gasteiger partial charge in [0.1, 0.15) is 0 Å². The Labute approximate surface area is 76.9 Å². The van der Waals surface area contributed by atoms with Crippen LogP contribution in [-0.2, 0) is 0 Å². The maximum absolute atomic E-state index is 5.74. The summed E-state index contributed by atoms with van der Waals surface area (Å²) in [5, 5.41) is 0.681. The van der Waals surface area contributed by atoms with Gasteiger partial charge in [0.2, 0.25) is 0 Å². The van der Waals surface area contributed by atoms with Crippen molar-refractivity contribution in [3.63, 3.8) is 0 Å².